The lowest BCUT2D eigenvalue weighted by Crippen LogP contribution is -2.21. The van der Waals surface area contributed by atoms with Crippen LogP contribution in [0.5, 0.6) is 0 Å². The Balaban J connectivity index is 0.00000158. The third kappa shape index (κ3) is 8.08. The van der Waals surface area contributed by atoms with Crippen molar-refractivity contribution in [3.8, 4) is 0 Å². The van der Waals surface area contributed by atoms with E-state index in [1.807, 2.05) is 70.2 Å². The van der Waals surface area contributed by atoms with Crippen molar-refractivity contribution in [2.45, 2.75) is 41.5 Å². The first-order valence-electron chi connectivity index (χ1n) is 9.97. The van der Waals surface area contributed by atoms with Crippen molar-refractivity contribution in [2.24, 2.45) is 0 Å². The van der Waals surface area contributed by atoms with E-state index in [0.29, 0.717) is 5.56 Å². The zero-order valence-electron chi connectivity index (χ0n) is 17.8. The highest BCUT2D eigenvalue weighted by Crippen LogP contribution is 2.16. The maximum absolute atomic E-state index is 12.2. The van der Waals surface area contributed by atoms with E-state index in [2.05, 4.69) is 37.5 Å². The monoisotopic (exact) mass is 365 g/mol. The minimum Gasteiger partial charge on any atom is -0.372 e. The topological polar surface area (TPSA) is 20.3 Å². The Morgan fingerprint density at radius 1 is 0.852 bits per heavy atom. The van der Waals surface area contributed by atoms with Crippen LogP contribution in [-0.4, -0.2) is 18.9 Å². The Bertz CT molecular complexity index is 677. The highest BCUT2D eigenvalue weighted by molar-refractivity contribution is 6.06. The molecule has 2 heteroatoms. The summed E-state index contributed by atoms with van der Waals surface area (Å²) in [4.78, 5) is 14.5. The van der Waals surface area contributed by atoms with Crippen molar-refractivity contribution in [3.05, 3.63) is 77.9 Å². The SMILES string of the molecule is C=Cc1ccc(C(=O)/C=C/c2ccc(N(CC)CC)cc2)cc1.CC.CC. The van der Waals surface area contributed by atoms with E-state index in [-0.39, 0.29) is 5.78 Å². The van der Waals surface area contributed by atoms with Crippen LogP contribution in [0.15, 0.2) is 61.2 Å². The van der Waals surface area contributed by atoms with Gasteiger partial charge < -0.3 is 4.90 Å². The highest BCUT2D eigenvalue weighted by atomic mass is 16.1. The fourth-order valence-corrected chi connectivity index (χ4v) is 2.44. The molecular formula is C25H35NO. The predicted octanol–water partition coefficient (Wildman–Crippen LogP) is 7.12. The highest BCUT2D eigenvalue weighted by Gasteiger charge is 2.02. The summed E-state index contributed by atoms with van der Waals surface area (Å²) in [6, 6.07) is 15.7. The van der Waals surface area contributed by atoms with Gasteiger partial charge in [0.1, 0.15) is 0 Å². The average Bonchev–Trinajstić information content (AvgIpc) is 2.76. The molecule has 2 nitrogen and oxygen atoms in total. The molecule has 0 N–H and O–H groups in total. The molecule has 0 heterocycles. The molecule has 0 fully saturated rings. The van der Waals surface area contributed by atoms with Crippen LogP contribution < -0.4 is 4.90 Å². The lowest BCUT2D eigenvalue weighted by molar-refractivity contribution is 0.104. The van der Waals surface area contributed by atoms with Gasteiger partial charge in [-0.15, -0.1) is 0 Å². The van der Waals surface area contributed by atoms with Crippen molar-refractivity contribution < 1.29 is 4.79 Å². The predicted molar refractivity (Wildman–Crippen MR) is 123 cm³/mol. The Kier molecular flexibility index (Phi) is 13.1. The number of hydrogen-bond donors (Lipinski definition) is 0. The van der Waals surface area contributed by atoms with Gasteiger partial charge in [0.05, 0.1) is 0 Å². The van der Waals surface area contributed by atoms with Crippen molar-refractivity contribution in [3.63, 3.8) is 0 Å². The van der Waals surface area contributed by atoms with E-state index in [1.165, 1.54) is 5.69 Å². The van der Waals surface area contributed by atoms with E-state index in [0.717, 1.165) is 24.2 Å². The number of benzene rings is 2. The minimum absolute atomic E-state index is 0.00781. The van der Waals surface area contributed by atoms with Crippen molar-refractivity contribution >= 4 is 23.6 Å². The van der Waals surface area contributed by atoms with E-state index >= 15 is 0 Å². The Hall–Kier alpha value is -2.61. The van der Waals surface area contributed by atoms with E-state index in [1.54, 1.807) is 12.2 Å². The molecule has 146 valence electrons. The summed E-state index contributed by atoms with van der Waals surface area (Å²) in [6.07, 6.45) is 5.24. The molecule has 0 spiro atoms. The molecule has 0 amide bonds. The molecule has 0 radical (unpaired) electrons. The number of anilines is 1. The lowest BCUT2D eigenvalue weighted by atomic mass is 10.1. The second kappa shape index (κ2) is 14.5. The maximum Gasteiger partial charge on any atom is 0.185 e. The van der Waals surface area contributed by atoms with E-state index in [9.17, 15) is 4.79 Å². The number of ketones is 1. The Morgan fingerprint density at radius 2 is 1.33 bits per heavy atom. The molecule has 0 atom stereocenters. The molecular weight excluding hydrogens is 330 g/mol. The summed E-state index contributed by atoms with van der Waals surface area (Å²) in [5, 5.41) is 0. The first kappa shape index (κ1) is 24.4. The van der Waals surface area contributed by atoms with Gasteiger partial charge in [0, 0.05) is 24.3 Å². The summed E-state index contributed by atoms with van der Waals surface area (Å²) in [6.45, 7) is 18.0. The summed E-state index contributed by atoms with van der Waals surface area (Å²) in [5.41, 5.74) is 3.93. The molecule has 0 saturated heterocycles. The van der Waals surface area contributed by atoms with Crippen LogP contribution in [0.2, 0.25) is 0 Å². The Morgan fingerprint density at radius 3 is 1.78 bits per heavy atom. The quantitative estimate of drug-likeness (QED) is 0.384. The van der Waals surface area contributed by atoms with Gasteiger partial charge in [-0.05, 0) is 43.2 Å². The summed E-state index contributed by atoms with van der Waals surface area (Å²) in [5.74, 6) is 0.00781. The summed E-state index contributed by atoms with van der Waals surface area (Å²) < 4.78 is 0. The van der Waals surface area contributed by atoms with Crippen LogP contribution >= 0.6 is 0 Å². The molecule has 27 heavy (non-hydrogen) atoms. The first-order chi connectivity index (χ1) is 13.2. The van der Waals surface area contributed by atoms with Gasteiger partial charge >= 0.3 is 0 Å². The molecule has 0 aliphatic rings. The van der Waals surface area contributed by atoms with E-state index in [4.69, 9.17) is 0 Å². The molecule has 0 saturated carbocycles. The van der Waals surface area contributed by atoms with Crippen LogP contribution in [0.4, 0.5) is 5.69 Å². The second-order valence-corrected chi connectivity index (χ2v) is 5.29. The summed E-state index contributed by atoms with van der Waals surface area (Å²) >= 11 is 0. The van der Waals surface area contributed by atoms with Crippen LogP contribution in [0.1, 0.15) is 63.0 Å². The van der Waals surface area contributed by atoms with Gasteiger partial charge in [-0.1, -0.05) is 82.8 Å². The van der Waals surface area contributed by atoms with Gasteiger partial charge in [0.15, 0.2) is 5.78 Å². The summed E-state index contributed by atoms with van der Waals surface area (Å²) in [7, 11) is 0. The molecule has 0 aromatic heterocycles. The third-order valence-electron chi connectivity index (χ3n) is 3.88. The van der Waals surface area contributed by atoms with Gasteiger partial charge in [-0.25, -0.2) is 0 Å². The zero-order valence-corrected chi connectivity index (χ0v) is 17.8. The second-order valence-electron chi connectivity index (χ2n) is 5.29. The molecule has 0 unspecified atom stereocenters. The average molecular weight is 366 g/mol. The largest absolute Gasteiger partial charge is 0.372 e. The zero-order chi connectivity index (χ0) is 20.7. The molecule has 0 aliphatic carbocycles. The molecule has 0 aliphatic heterocycles. The lowest BCUT2D eigenvalue weighted by Gasteiger charge is -2.20. The van der Waals surface area contributed by atoms with Crippen LogP contribution in [-0.2, 0) is 0 Å². The number of rotatable bonds is 7. The standard InChI is InChI=1S/C21H23NO.2C2H6/c1-4-17-7-12-19(13-8-17)21(23)16-11-18-9-14-20(15-10-18)22(5-2)6-3;2*1-2/h4,7-16H,1,5-6H2,2-3H3;2*1-2H3/b16-11+;;. The number of allylic oxidation sites excluding steroid dienone is 1. The molecule has 0 bridgehead atoms. The number of hydrogen-bond acceptors (Lipinski definition) is 2. The fraction of sp³-hybridized carbons (Fsp3) is 0.320. The smallest absolute Gasteiger partial charge is 0.185 e. The first-order valence-corrected chi connectivity index (χ1v) is 9.97. The maximum atomic E-state index is 12.2. The number of carbonyl (C=O) groups is 1. The van der Waals surface area contributed by atoms with Crippen LogP contribution in [0.3, 0.4) is 0 Å². The van der Waals surface area contributed by atoms with Gasteiger partial charge in [-0.2, -0.15) is 0 Å². The van der Waals surface area contributed by atoms with E-state index < -0.39 is 0 Å². The minimum atomic E-state index is 0.00781. The Labute approximate surface area is 166 Å². The van der Waals surface area contributed by atoms with Gasteiger partial charge in [-0.3, -0.25) is 4.79 Å². The van der Waals surface area contributed by atoms with Crippen molar-refractivity contribution in [1.82, 2.24) is 0 Å². The molecule has 2 aromatic carbocycles. The van der Waals surface area contributed by atoms with Crippen LogP contribution in [0, 0.1) is 0 Å². The third-order valence-corrected chi connectivity index (χ3v) is 3.88. The van der Waals surface area contributed by atoms with Crippen molar-refractivity contribution in [1.29, 1.82) is 0 Å². The van der Waals surface area contributed by atoms with Crippen molar-refractivity contribution in [2.75, 3.05) is 18.0 Å². The number of nitrogens with zero attached hydrogens (tertiary/aromatic N) is 1. The van der Waals surface area contributed by atoms with Gasteiger partial charge in [0.25, 0.3) is 0 Å². The normalized spacial score (nSPS) is 9.56. The number of carbonyl (C=O) groups excluding carboxylic acids is 1. The fourth-order valence-electron chi connectivity index (χ4n) is 2.44. The molecule has 2 aromatic rings. The van der Waals surface area contributed by atoms with Crippen LogP contribution in [0.25, 0.3) is 12.2 Å². The van der Waals surface area contributed by atoms with Gasteiger partial charge in [0.2, 0.25) is 0 Å². The molecule has 2 rings (SSSR count).